The van der Waals surface area contributed by atoms with Crippen LogP contribution in [0.1, 0.15) is 0 Å². The highest BCUT2D eigenvalue weighted by Crippen LogP contribution is 2.32. The van der Waals surface area contributed by atoms with E-state index in [1.807, 2.05) is 24.3 Å². The van der Waals surface area contributed by atoms with Crippen LogP contribution in [-0.2, 0) is 4.74 Å². The van der Waals surface area contributed by atoms with Gasteiger partial charge in [-0.05, 0) is 11.5 Å². The summed E-state index contributed by atoms with van der Waals surface area (Å²) in [6, 6.07) is 10.3. The molecule has 6 nitrogen and oxygen atoms in total. The van der Waals surface area contributed by atoms with Crippen LogP contribution >= 0.6 is 0 Å². The largest absolute Gasteiger partial charge is 0.508 e. The first-order chi connectivity index (χ1) is 10.1. The summed E-state index contributed by atoms with van der Waals surface area (Å²) >= 11 is 0. The smallest absolute Gasteiger partial charge is 0.228 e. The quantitative estimate of drug-likeness (QED) is 0.638. The first-order valence-corrected chi connectivity index (χ1v) is 6.60. The number of ether oxygens (including phenoxy) is 2. The minimum Gasteiger partial charge on any atom is -0.508 e. The fraction of sp³-hybridized carbons (Fsp3) is 0.333. The van der Waals surface area contributed by atoms with Gasteiger partial charge in [-0.2, -0.15) is 0 Å². The van der Waals surface area contributed by atoms with E-state index in [9.17, 15) is 20.4 Å². The average molecular weight is 292 g/mol. The van der Waals surface area contributed by atoms with Gasteiger partial charge in [0.05, 0.1) is 6.61 Å². The van der Waals surface area contributed by atoms with Gasteiger partial charge in [-0.3, -0.25) is 0 Å². The maximum Gasteiger partial charge on any atom is 0.228 e. The van der Waals surface area contributed by atoms with Gasteiger partial charge in [0.25, 0.3) is 0 Å². The van der Waals surface area contributed by atoms with E-state index in [0.29, 0.717) is 5.75 Å². The van der Waals surface area contributed by atoms with Crippen LogP contribution in [0.25, 0.3) is 10.8 Å². The lowest BCUT2D eigenvalue weighted by Gasteiger charge is -2.35. The predicted octanol–water partition coefficient (Wildman–Crippen LogP) is 0.363. The molecule has 21 heavy (non-hydrogen) atoms. The third-order valence-electron chi connectivity index (χ3n) is 3.51. The van der Waals surface area contributed by atoms with Gasteiger partial charge in [0, 0.05) is 11.5 Å². The Morgan fingerprint density at radius 3 is 2.62 bits per heavy atom. The molecule has 0 aliphatic carbocycles. The molecule has 1 aliphatic rings. The van der Waals surface area contributed by atoms with Crippen molar-refractivity contribution in [3.8, 4) is 11.5 Å². The Bertz CT molecular complexity index is 643. The molecule has 2 aromatic carbocycles. The number of aliphatic hydroxyl groups is 3. The lowest BCUT2D eigenvalue weighted by molar-refractivity contribution is -0.241. The highest BCUT2D eigenvalue weighted by atomic mass is 16.7. The number of hydrogen-bond donors (Lipinski definition) is 4. The maximum absolute atomic E-state index is 9.89. The Labute approximate surface area is 120 Å². The van der Waals surface area contributed by atoms with E-state index in [2.05, 4.69) is 0 Å². The molecule has 1 fully saturated rings. The summed E-state index contributed by atoms with van der Waals surface area (Å²) in [5, 5.41) is 40.2. The Balaban J connectivity index is 1.91. The average Bonchev–Trinajstić information content (AvgIpc) is 2.47. The summed E-state index contributed by atoms with van der Waals surface area (Å²) in [7, 11) is 0. The molecule has 0 bridgehead atoms. The zero-order valence-electron chi connectivity index (χ0n) is 11.1. The van der Waals surface area contributed by atoms with Crippen molar-refractivity contribution in [1.29, 1.82) is 0 Å². The van der Waals surface area contributed by atoms with Crippen molar-refractivity contribution in [3.63, 3.8) is 0 Å². The fourth-order valence-electron chi connectivity index (χ4n) is 2.37. The van der Waals surface area contributed by atoms with Crippen molar-refractivity contribution in [2.24, 2.45) is 0 Å². The summed E-state index contributed by atoms with van der Waals surface area (Å²) in [5.74, 6) is 0.354. The molecule has 0 amide bonds. The second-order valence-corrected chi connectivity index (χ2v) is 5.03. The molecule has 0 radical (unpaired) electrons. The number of phenols is 1. The lowest BCUT2D eigenvalue weighted by Crippen LogP contribution is -2.54. The van der Waals surface area contributed by atoms with E-state index in [0.717, 1.165) is 10.8 Å². The second-order valence-electron chi connectivity index (χ2n) is 5.03. The molecule has 0 unspecified atom stereocenters. The monoisotopic (exact) mass is 292 g/mol. The molecule has 0 aromatic heterocycles. The Kier molecular flexibility index (Phi) is 3.69. The van der Waals surface area contributed by atoms with Crippen LogP contribution in [0.4, 0.5) is 0 Å². The van der Waals surface area contributed by atoms with Crippen LogP contribution in [-0.4, -0.2) is 51.6 Å². The number of fused-ring (bicyclic) bond motifs is 1. The minimum absolute atomic E-state index is 0.0228. The summed E-state index contributed by atoms with van der Waals surface area (Å²) in [5.41, 5.74) is 0. The van der Waals surface area contributed by atoms with E-state index in [1.54, 1.807) is 6.07 Å². The third-order valence-corrected chi connectivity index (χ3v) is 3.51. The number of aromatic hydroxyl groups is 1. The van der Waals surface area contributed by atoms with Gasteiger partial charge in [0.1, 0.15) is 29.8 Å². The number of phenolic OH excluding ortho intramolecular Hbond substituents is 1. The van der Waals surface area contributed by atoms with Crippen LogP contribution in [0, 0.1) is 0 Å². The molecular formula is C15H16O6. The molecule has 4 atom stereocenters. The molecule has 1 heterocycles. The third kappa shape index (κ3) is 2.66. The summed E-state index contributed by atoms with van der Waals surface area (Å²) in [6.07, 6.45) is -4.99. The molecule has 1 saturated heterocycles. The molecule has 112 valence electrons. The van der Waals surface area contributed by atoms with Crippen molar-refractivity contribution in [3.05, 3.63) is 36.4 Å². The number of benzene rings is 2. The van der Waals surface area contributed by atoms with Crippen molar-refractivity contribution in [1.82, 2.24) is 0 Å². The van der Waals surface area contributed by atoms with Gasteiger partial charge in [-0.25, -0.2) is 0 Å². The molecule has 1 aliphatic heterocycles. The van der Waals surface area contributed by atoms with Crippen LogP contribution in [0.15, 0.2) is 36.4 Å². The summed E-state index contributed by atoms with van der Waals surface area (Å²) < 4.78 is 10.8. The van der Waals surface area contributed by atoms with Crippen molar-refractivity contribution >= 4 is 10.8 Å². The van der Waals surface area contributed by atoms with Crippen LogP contribution in [0.2, 0.25) is 0 Å². The predicted molar refractivity (Wildman–Crippen MR) is 74.0 cm³/mol. The molecule has 3 rings (SSSR count). The van der Waals surface area contributed by atoms with E-state index in [1.165, 1.54) is 6.07 Å². The van der Waals surface area contributed by atoms with Crippen molar-refractivity contribution < 1.29 is 29.9 Å². The summed E-state index contributed by atoms with van der Waals surface area (Å²) in [6.45, 7) is -0.139. The van der Waals surface area contributed by atoms with Gasteiger partial charge in [0.15, 0.2) is 0 Å². The first kappa shape index (κ1) is 14.1. The highest BCUT2D eigenvalue weighted by Gasteiger charge is 2.39. The topological polar surface area (TPSA) is 99.4 Å². The zero-order chi connectivity index (χ0) is 15.0. The summed E-state index contributed by atoms with van der Waals surface area (Å²) in [4.78, 5) is 0. The van der Waals surface area contributed by atoms with E-state index >= 15 is 0 Å². The minimum atomic E-state index is -1.38. The van der Waals surface area contributed by atoms with Gasteiger partial charge in [0.2, 0.25) is 6.29 Å². The second kappa shape index (κ2) is 5.50. The molecular weight excluding hydrogens is 276 g/mol. The highest BCUT2D eigenvalue weighted by molar-refractivity contribution is 5.89. The van der Waals surface area contributed by atoms with Crippen LogP contribution in [0.5, 0.6) is 11.5 Å². The number of rotatable bonds is 2. The van der Waals surface area contributed by atoms with E-state index in [4.69, 9.17) is 9.47 Å². The Morgan fingerprint density at radius 2 is 1.81 bits per heavy atom. The zero-order valence-corrected chi connectivity index (χ0v) is 11.1. The molecule has 0 saturated carbocycles. The fourth-order valence-corrected chi connectivity index (χ4v) is 2.37. The molecule has 6 heteroatoms. The molecule has 2 aromatic rings. The van der Waals surface area contributed by atoms with Crippen molar-refractivity contribution in [2.45, 2.75) is 24.6 Å². The van der Waals surface area contributed by atoms with Crippen molar-refractivity contribution in [2.75, 3.05) is 6.61 Å². The number of hydrogen-bond acceptors (Lipinski definition) is 6. The van der Waals surface area contributed by atoms with Crippen LogP contribution in [0.3, 0.4) is 0 Å². The normalized spacial score (nSPS) is 29.5. The lowest BCUT2D eigenvalue weighted by atomic mass is 10.1. The standard InChI is InChI=1S/C15H16O6/c16-9-5-8-3-1-2-4-10(8)12(6-9)21-15-14(19)13(18)11(17)7-20-15/h1-6,11,13-19H,7H2/t11-,13+,14-,15+/m1/s1. The van der Waals surface area contributed by atoms with Gasteiger partial charge in [-0.15, -0.1) is 0 Å². The first-order valence-electron chi connectivity index (χ1n) is 6.60. The van der Waals surface area contributed by atoms with Gasteiger partial charge in [-0.1, -0.05) is 24.3 Å². The van der Waals surface area contributed by atoms with E-state index in [-0.39, 0.29) is 12.4 Å². The Hall–Kier alpha value is -1.86. The van der Waals surface area contributed by atoms with Gasteiger partial charge >= 0.3 is 0 Å². The Morgan fingerprint density at radius 1 is 1.05 bits per heavy atom. The SMILES string of the molecule is Oc1cc(O[C@@H]2OC[C@@H](O)[C@H](O)[C@H]2O)c2ccccc2c1. The maximum atomic E-state index is 9.89. The van der Waals surface area contributed by atoms with E-state index < -0.39 is 24.6 Å². The van der Waals surface area contributed by atoms with Crippen LogP contribution < -0.4 is 4.74 Å². The number of aliphatic hydroxyl groups excluding tert-OH is 3. The molecule has 4 N–H and O–H groups in total. The molecule has 0 spiro atoms. The van der Waals surface area contributed by atoms with Gasteiger partial charge < -0.3 is 29.9 Å².